The Morgan fingerprint density at radius 2 is 2.11 bits per heavy atom. The fraction of sp³-hybridized carbons (Fsp3) is 0.400. The zero-order valence-electron chi connectivity index (χ0n) is 9.96. The number of sulfonamides is 1. The number of hydrogen-bond acceptors (Lipinski definition) is 5. The third kappa shape index (κ3) is 2.86. The van der Waals surface area contributed by atoms with Crippen LogP contribution in [0.4, 0.5) is 5.69 Å². The first-order chi connectivity index (χ1) is 8.72. The van der Waals surface area contributed by atoms with Crippen LogP contribution in [0, 0.1) is 17.0 Å². The van der Waals surface area contributed by atoms with Crippen molar-refractivity contribution in [2.24, 2.45) is 5.73 Å². The van der Waals surface area contributed by atoms with Gasteiger partial charge >= 0.3 is 0 Å². The van der Waals surface area contributed by atoms with E-state index in [0.29, 0.717) is 6.42 Å². The monoisotopic (exact) mass is 305 g/mol. The third-order valence-corrected chi connectivity index (χ3v) is 4.81. The summed E-state index contributed by atoms with van der Waals surface area (Å²) >= 11 is 5.83. The van der Waals surface area contributed by atoms with Gasteiger partial charge in [-0.15, -0.1) is 0 Å². The molecule has 3 N–H and O–H groups in total. The predicted octanol–water partition coefficient (Wildman–Crippen LogP) is 0.935. The van der Waals surface area contributed by atoms with Gasteiger partial charge in [-0.3, -0.25) is 10.1 Å². The number of hydrogen-bond donors (Lipinski definition) is 2. The topological polar surface area (TPSA) is 115 Å². The summed E-state index contributed by atoms with van der Waals surface area (Å²) in [6, 6.07) is 1.67. The number of benzene rings is 1. The molecular formula is C10H12ClN3O4S. The second-order valence-electron chi connectivity index (χ2n) is 4.43. The molecule has 19 heavy (non-hydrogen) atoms. The second kappa shape index (κ2) is 4.71. The fourth-order valence-corrected chi connectivity index (χ4v) is 3.23. The predicted molar refractivity (Wildman–Crippen MR) is 69.5 cm³/mol. The van der Waals surface area contributed by atoms with Gasteiger partial charge in [0.15, 0.2) is 0 Å². The molecule has 2 rings (SSSR count). The van der Waals surface area contributed by atoms with Crippen LogP contribution in [0.1, 0.15) is 12.0 Å². The standard InChI is InChI=1S/C10H12ClN3O4S/c1-5-7(11)2-6(3-10(5)14(15)16)19(17,18)13-9-4-8(9)12/h2-3,8-9,13H,4,12H2,1H3. The van der Waals surface area contributed by atoms with Gasteiger partial charge in [-0.1, -0.05) is 11.6 Å². The molecule has 0 bridgehead atoms. The molecule has 2 atom stereocenters. The van der Waals surface area contributed by atoms with Crippen LogP contribution in [0.3, 0.4) is 0 Å². The van der Waals surface area contributed by atoms with Crippen molar-refractivity contribution in [3.8, 4) is 0 Å². The van der Waals surface area contributed by atoms with Crippen molar-refractivity contribution in [1.82, 2.24) is 4.72 Å². The molecule has 0 aromatic heterocycles. The van der Waals surface area contributed by atoms with Gasteiger partial charge in [0.2, 0.25) is 10.0 Å². The number of halogens is 1. The highest BCUT2D eigenvalue weighted by atomic mass is 35.5. The molecule has 7 nitrogen and oxygen atoms in total. The SMILES string of the molecule is Cc1c(Cl)cc(S(=O)(=O)NC2CC2N)cc1[N+](=O)[O-]. The minimum absolute atomic E-state index is 0.0367. The highest BCUT2D eigenvalue weighted by Gasteiger charge is 2.37. The molecule has 1 aromatic carbocycles. The Balaban J connectivity index is 2.42. The highest BCUT2D eigenvalue weighted by Crippen LogP contribution is 2.30. The lowest BCUT2D eigenvalue weighted by Gasteiger charge is -2.08. The average molecular weight is 306 g/mol. The van der Waals surface area contributed by atoms with E-state index in [0.717, 1.165) is 6.07 Å². The molecule has 104 valence electrons. The zero-order valence-corrected chi connectivity index (χ0v) is 11.5. The number of nitrogens with one attached hydrogen (secondary N) is 1. The molecule has 0 aliphatic heterocycles. The van der Waals surface area contributed by atoms with Gasteiger partial charge in [0.25, 0.3) is 5.69 Å². The summed E-state index contributed by atoms with van der Waals surface area (Å²) in [5, 5.41) is 10.9. The molecule has 1 fully saturated rings. The van der Waals surface area contributed by atoms with E-state index in [2.05, 4.69) is 4.72 Å². The molecule has 0 amide bonds. The summed E-state index contributed by atoms with van der Waals surface area (Å²) in [4.78, 5) is 9.96. The number of nitrogens with two attached hydrogens (primary N) is 1. The lowest BCUT2D eigenvalue weighted by Crippen LogP contribution is -2.29. The minimum atomic E-state index is -3.84. The maximum atomic E-state index is 12.0. The first-order valence-corrected chi connectivity index (χ1v) is 7.31. The summed E-state index contributed by atoms with van der Waals surface area (Å²) in [7, 11) is -3.84. The van der Waals surface area contributed by atoms with Gasteiger partial charge in [-0.2, -0.15) is 0 Å². The summed E-state index contributed by atoms with van der Waals surface area (Å²) in [6.07, 6.45) is 0.556. The van der Waals surface area contributed by atoms with Gasteiger partial charge in [0, 0.05) is 23.7 Å². The number of rotatable bonds is 4. The van der Waals surface area contributed by atoms with E-state index in [9.17, 15) is 18.5 Å². The molecule has 0 heterocycles. The van der Waals surface area contributed by atoms with Crippen LogP contribution in [0.5, 0.6) is 0 Å². The molecule has 1 aliphatic carbocycles. The molecule has 0 spiro atoms. The summed E-state index contributed by atoms with van der Waals surface area (Å²) in [6.45, 7) is 1.46. The molecule has 1 aliphatic rings. The maximum Gasteiger partial charge on any atom is 0.275 e. The lowest BCUT2D eigenvalue weighted by molar-refractivity contribution is -0.385. The van der Waals surface area contributed by atoms with E-state index in [1.807, 2.05) is 0 Å². The van der Waals surface area contributed by atoms with Crippen LogP contribution in [-0.4, -0.2) is 25.4 Å². The number of nitro groups is 1. The Kier molecular flexibility index (Phi) is 3.52. The van der Waals surface area contributed by atoms with Crippen LogP contribution < -0.4 is 10.5 Å². The number of nitrogens with zero attached hydrogens (tertiary/aromatic N) is 1. The summed E-state index contributed by atoms with van der Waals surface area (Å²) in [5.74, 6) is 0. The second-order valence-corrected chi connectivity index (χ2v) is 6.55. The quantitative estimate of drug-likeness (QED) is 0.634. The van der Waals surface area contributed by atoms with E-state index in [1.165, 1.54) is 13.0 Å². The van der Waals surface area contributed by atoms with E-state index in [4.69, 9.17) is 17.3 Å². The van der Waals surface area contributed by atoms with Crippen LogP contribution in [0.25, 0.3) is 0 Å². The van der Waals surface area contributed by atoms with Gasteiger partial charge < -0.3 is 5.73 Å². The van der Waals surface area contributed by atoms with Crippen molar-refractivity contribution < 1.29 is 13.3 Å². The van der Waals surface area contributed by atoms with Crippen LogP contribution in [0.15, 0.2) is 17.0 Å². The normalized spacial score (nSPS) is 22.3. The van der Waals surface area contributed by atoms with Crippen molar-refractivity contribution in [1.29, 1.82) is 0 Å². The third-order valence-electron chi connectivity index (χ3n) is 2.94. The first kappa shape index (κ1) is 14.2. The Morgan fingerprint density at radius 3 is 2.58 bits per heavy atom. The van der Waals surface area contributed by atoms with Crippen molar-refractivity contribution in [2.75, 3.05) is 0 Å². The molecule has 1 saturated carbocycles. The number of nitro benzene ring substituents is 1. The van der Waals surface area contributed by atoms with Gasteiger partial charge in [0.1, 0.15) is 0 Å². The summed E-state index contributed by atoms with van der Waals surface area (Å²) in [5.41, 5.74) is 5.43. The van der Waals surface area contributed by atoms with Crippen LogP contribution >= 0.6 is 11.6 Å². The van der Waals surface area contributed by atoms with Gasteiger partial charge in [0.05, 0.1) is 14.8 Å². The van der Waals surface area contributed by atoms with Gasteiger partial charge in [-0.25, -0.2) is 13.1 Å². The van der Waals surface area contributed by atoms with Crippen molar-refractivity contribution in [3.63, 3.8) is 0 Å². The Morgan fingerprint density at radius 1 is 1.53 bits per heavy atom. The lowest BCUT2D eigenvalue weighted by atomic mass is 10.2. The maximum absolute atomic E-state index is 12.0. The van der Waals surface area contributed by atoms with E-state index >= 15 is 0 Å². The van der Waals surface area contributed by atoms with Crippen molar-refractivity contribution in [2.45, 2.75) is 30.3 Å². The van der Waals surface area contributed by atoms with Crippen molar-refractivity contribution in [3.05, 3.63) is 32.8 Å². The summed E-state index contributed by atoms with van der Waals surface area (Å²) < 4.78 is 26.4. The molecule has 1 aromatic rings. The Bertz CT molecular complexity index is 646. The zero-order chi connectivity index (χ0) is 14.4. The van der Waals surface area contributed by atoms with E-state index < -0.39 is 14.9 Å². The minimum Gasteiger partial charge on any atom is -0.326 e. The first-order valence-electron chi connectivity index (χ1n) is 5.45. The Hall–Kier alpha value is -1.22. The van der Waals surface area contributed by atoms with Crippen LogP contribution in [-0.2, 0) is 10.0 Å². The molecule has 2 unspecified atom stereocenters. The molecule has 9 heteroatoms. The highest BCUT2D eigenvalue weighted by molar-refractivity contribution is 7.89. The van der Waals surface area contributed by atoms with E-state index in [-0.39, 0.29) is 33.3 Å². The molecule has 0 saturated heterocycles. The van der Waals surface area contributed by atoms with Gasteiger partial charge in [-0.05, 0) is 19.4 Å². The Labute approximate surface area is 114 Å². The molecule has 0 radical (unpaired) electrons. The van der Waals surface area contributed by atoms with E-state index in [1.54, 1.807) is 0 Å². The largest absolute Gasteiger partial charge is 0.326 e. The van der Waals surface area contributed by atoms with Crippen LogP contribution in [0.2, 0.25) is 5.02 Å². The average Bonchev–Trinajstić information content (AvgIpc) is 2.96. The fourth-order valence-electron chi connectivity index (χ4n) is 1.60. The smallest absolute Gasteiger partial charge is 0.275 e. The van der Waals surface area contributed by atoms with Crippen molar-refractivity contribution >= 4 is 27.3 Å². The molecular weight excluding hydrogens is 294 g/mol.